The first-order valence-corrected chi connectivity index (χ1v) is 8.05. The summed E-state index contributed by atoms with van der Waals surface area (Å²) in [6, 6.07) is 10.0. The molecule has 1 aromatic carbocycles. The van der Waals surface area contributed by atoms with Gasteiger partial charge < -0.3 is 4.90 Å². The number of pyridine rings is 1. The number of carbonyl (C=O) groups is 1. The topological polar surface area (TPSA) is 33.2 Å². The van der Waals surface area contributed by atoms with Crippen molar-refractivity contribution in [1.82, 2.24) is 9.88 Å². The number of nitrogens with zero attached hydrogens (tertiary/aromatic N) is 2. The quantitative estimate of drug-likeness (QED) is 0.787. The van der Waals surface area contributed by atoms with E-state index in [1.54, 1.807) is 12.3 Å². The summed E-state index contributed by atoms with van der Waals surface area (Å²) < 4.78 is 0. The van der Waals surface area contributed by atoms with Crippen molar-refractivity contribution < 1.29 is 4.79 Å². The second-order valence-corrected chi connectivity index (χ2v) is 6.12. The molecule has 1 fully saturated rings. The highest BCUT2D eigenvalue weighted by Crippen LogP contribution is 2.19. The number of likely N-dealkylation sites (tertiary alicyclic amines) is 1. The lowest BCUT2D eigenvalue weighted by molar-refractivity contribution is -0.125. The summed E-state index contributed by atoms with van der Waals surface area (Å²) in [6.45, 7) is 4.02. The molecule has 1 atom stereocenters. The Morgan fingerprint density at radius 2 is 2.09 bits per heavy atom. The fourth-order valence-electron chi connectivity index (χ4n) is 3.01. The summed E-state index contributed by atoms with van der Waals surface area (Å²) in [4.78, 5) is 18.8. The van der Waals surface area contributed by atoms with Crippen molar-refractivity contribution in [3.05, 3.63) is 48.2 Å². The molecule has 0 bridgehead atoms. The second kappa shape index (κ2) is 6.73. The van der Waals surface area contributed by atoms with Crippen molar-refractivity contribution in [1.29, 1.82) is 0 Å². The van der Waals surface area contributed by atoms with Crippen LogP contribution in [0.5, 0.6) is 0 Å². The van der Waals surface area contributed by atoms with E-state index < -0.39 is 0 Å². The van der Waals surface area contributed by atoms with Crippen molar-refractivity contribution in [2.75, 3.05) is 13.1 Å². The van der Waals surface area contributed by atoms with Crippen molar-refractivity contribution in [2.24, 2.45) is 5.92 Å². The highest BCUT2D eigenvalue weighted by molar-refractivity contribution is 5.95. The van der Waals surface area contributed by atoms with Gasteiger partial charge in [-0.15, -0.1) is 0 Å². The number of aromatic nitrogens is 1. The zero-order valence-corrected chi connectivity index (χ0v) is 13.0. The smallest absolute Gasteiger partial charge is 0.246 e. The molecular weight excluding hydrogens is 272 g/mol. The highest BCUT2D eigenvalue weighted by Gasteiger charge is 2.16. The molecule has 0 aliphatic carbocycles. The Hall–Kier alpha value is -2.16. The van der Waals surface area contributed by atoms with Crippen LogP contribution in [0.4, 0.5) is 0 Å². The number of rotatable bonds is 2. The third-order valence-corrected chi connectivity index (χ3v) is 4.40. The molecule has 3 rings (SSSR count). The number of hydrogen-bond donors (Lipinski definition) is 0. The van der Waals surface area contributed by atoms with Crippen LogP contribution in [0.15, 0.2) is 42.6 Å². The van der Waals surface area contributed by atoms with Crippen LogP contribution >= 0.6 is 0 Å². The molecule has 1 aromatic heterocycles. The van der Waals surface area contributed by atoms with Crippen LogP contribution < -0.4 is 0 Å². The molecule has 1 aliphatic heterocycles. The number of amides is 1. The van der Waals surface area contributed by atoms with E-state index in [9.17, 15) is 4.79 Å². The summed E-state index contributed by atoms with van der Waals surface area (Å²) in [5.41, 5.74) is 1.94. The van der Waals surface area contributed by atoms with E-state index in [2.05, 4.69) is 11.9 Å². The summed E-state index contributed by atoms with van der Waals surface area (Å²) in [5.74, 6) is 0.839. The van der Waals surface area contributed by atoms with Crippen LogP contribution in [-0.2, 0) is 4.79 Å². The standard InChI is InChI=1S/C19H22N2O/c1-15-5-4-13-21(14-11-15)18(22)10-9-17-7-2-6-16-8-3-12-20-19(16)17/h2-3,6-10,12,15H,4-5,11,13-14H2,1H3/b10-9-/t15-/m0/s1. The van der Waals surface area contributed by atoms with Crippen molar-refractivity contribution in [2.45, 2.75) is 26.2 Å². The van der Waals surface area contributed by atoms with Crippen molar-refractivity contribution in [3.63, 3.8) is 0 Å². The molecule has 0 N–H and O–H groups in total. The van der Waals surface area contributed by atoms with Gasteiger partial charge >= 0.3 is 0 Å². The van der Waals surface area contributed by atoms with Gasteiger partial charge in [-0.05, 0) is 37.3 Å². The monoisotopic (exact) mass is 294 g/mol. The zero-order valence-electron chi connectivity index (χ0n) is 13.0. The minimum Gasteiger partial charge on any atom is -0.339 e. The number of hydrogen-bond acceptors (Lipinski definition) is 2. The fraction of sp³-hybridized carbons (Fsp3) is 0.368. The van der Waals surface area contributed by atoms with Crippen LogP contribution in [0.2, 0.25) is 0 Å². The molecule has 0 saturated carbocycles. The average molecular weight is 294 g/mol. The molecule has 22 heavy (non-hydrogen) atoms. The number of para-hydroxylation sites is 1. The van der Waals surface area contributed by atoms with E-state index >= 15 is 0 Å². The summed E-state index contributed by atoms with van der Waals surface area (Å²) in [7, 11) is 0. The number of benzene rings is 1. The van der Waals surface area contributed by atoms with E-state index in [1.165, 1.54) is 6.42 Å². The third-order valence-electron chi connectivity index (χ3n) is 4.40. The van der Waals surface area contributed by atoms with Gasteiger partial charge in [-0.1, -0.05) is 31.2 Å². The van der Waals surface area contributed by atoms with E-state index in [0.717, 1.165) is 48.3 Å². The Morgan fingerprint density at radius 3 is 3.00 bits per heavy atom. The molecule has 1 saturated heterocycles. The Bertz CT molecular complexity index is 687. The normalized spacial score (nSPS) is 19.5. The molecular formula is C19H22N2O. The third kappa shape index (κ3) is 3.35. The van der Waals surface area contributed by atoms with E-state index in [4.69, 9.17) is 0 Å². The average Bonchev–Trinajstić information content (AvgIpc) is 2.77. The maximum absolute atomic E-state index is 12.4. The minimum absolute atomic E-state index is 0.113. The van der Waals surface area contributed by atoms with Crippen LogP contribution in [0.3, 0.4) is 0 Å². The van der Waals surface area contributed by atoms with Crippen molar-refractivity contribution >= 4 is 22.9 Å². The Morgan fingerprint density at radius 1 is 1.23 bits per heavy atom. The van der Waals surface area contributed by atoms with Gasteiger partial charge in [0.2, 0.25) is 5.91 Å². The van der Waals surface area contributed by atoms with Gasteiger partial charge in [0.25, 0.3) is 0 Å². The number of fused-ring (bicyclic) bond motifs is 1. The first-order chi connectivity index (χ1) is 10.7. The first-order valence-electron chi connectivity index (χ1n) is 8.05. The van der Waals surface area contributed by atoms with Crippen LogP contribution in [-0.4, -0.2) is 28.9 Å². The molecule has 0 radical (unpaired) electrons. The SMILES string of the molecule is C[C@H]1CCCN(C(=O)/C=C\c2cccc3cccnc23)CC1. The van der Waals surface area contributed by atoms with Crippen LogP contribution in [0, 0.1) is 5.92 Å². The summed E-state index contributed by atoms with van der Waals surface area (Å²) in [6.07, 6.45) is 8.82. The Kier molecular flexibility index (Phi) is 4.52. The summed E-state index contributed by atoms with van der Waals surface area (Å²) in [5, 5.41) is 1.10. The van der Waals surface area contributed by atoms with E-state index in [-0.39, 0.29) is 5.91 Å². The molecule has 0 spiro atoms. The molecule has 1 amide bonds. The molecule has 3 heteroatoms. The van der Waals surface area contributed by atoms with Gasteiger partial charge in [0.1, 0.15) is 0 Å². The Balaban J connectivity index is 1.76. The van der Waals surface area contributed by atoms with Gasteiger partial charge in [0.15, 0.2) is 0 Å². The van der Waals surface area contributed by atoms with Gasteiger partial charge in [-0.3, -0.25) is 9.78 Å². The predicted octanol–water partition coefficient (Wildman–Crippen LogP) is 3.90. The maximum atomic E-state index is 12.4. The summed E-state index contributed by atoms with van der Waals surface area (Å²) >= 11 is 0. The zero-order chi connectivity index (χ0) is 15.4. The Labute approximate surface area is 131 Å². The lowest BCUT2D eigenvalue weighted by Gasteiger charge is -2.18. The molecule has 2 aromatic rings. The van der Waals surface area contributed by atoms with Crippen molar-refractivity contribution in [3.8, 4) is 0 Å². The predicted molar refractivity (Wildman–Crippen MR) is 90.4 cm³/mol. The first kappa shape index (κ1) is 14.8. The second-order valence-electron chi connectivity index (χ2n) is 6.12. The van der Waals surface area contributed by atoms with Crippen LogP contribution in [0.1, 0.15) is 31.7 Å². The molecule has 0 unspecified atom stereocenters. The lowest BCUT2D eigenvalue weighted by Crippen LogP contribution is -2.30. The molecule has 1 aliphatic rings. The van der Waals surface area contributed by atoms with Crippen LogP contribution in [0.25, 0.3) is 17.0 Å². The fourth-order valence-corrected chi connectivity index (χ4v) is 3.01. The van der Waals surface area contributed by atoms with E-state index in [0.29, 0.717) is 0 Å². The maximum Gasteiger partial charge on any atom is 0.246 e. The van der Waals surface area contributed by atoms with Gasteiger partial charge in [-0.25, -0.2) is 0 Å². The highest BCUT2D eigenvalue weighted by atomic mass is 16.2. The van der Waals surface area contributed by atoms with Gasteiger partial charge in [0.05, 0.1) is 5.52 Å². The minimum atomic E-state index is 0.113. The molecule has 114 valence electrons. The molecule has 2 heterocycles. The molecule has 3 nitrogen and oxygen atoms in total. The number of carbonyl (C=O) groups excluding carboxylic acids is 1. The van der Waals surface area contributed by atoms with Gasteiger partial charge in [-0.2, -0.15) is 0 Å². The van der Waals surface area contributed by atoms with E-state index in [1.807, 2.05) is 41.3 Å². The lowest BCUT2D eigenvalue weighted by atomic mass is 10.0. The van der Waals surface area contributed by atoms with Gasteiger partial charge in [0, 0.05) is 36.3 Å². The largest absolute Gasteiger partial charge is 0.339 e.